The van der Waals surface area contributed by atoms with Crippen LogP contribution in [0.5, 0.6) is 11.6 Å². The Morgan fingerprint density at radius 1 is 1.60 bits per heavy atom. The third-order valence-electron chi connectivity index (χ3n) is 1.19. The van der Waals surface area contributed by atoms with E-state index in [0.717, 1.165) is 0 Å². The standard InChI is InChI=1S/C7H5NO2/c1-2-6-7(8-3-1)10-5-4-9-6/h1-3H,5H2. The van der Waals surface area contributed by atoms with Crippen molar-refractivity contribution in [1.82, 2.24) is 4.98 Å². The van der Waals surface area contributed by atoms with Crippen LogP contribution in [0.25, 0.3) is 0 Å². The molecule has 0 aliphatic carbocycles. The molecule has 1 aliphatic rings. The zero-order chi connectivity index (χ0) is 6.81. The van der Waals surface area contributed by atoms with Gasteiger partial charge in [-0.15, -0.1) is 0 Å². The predicted molar refractivity (Wildman–Crippen MR) is 33.6 cm³/mol. The molecule has 0 fully saturated rings. The van der Waals surface area contributed by atoms with E-state index in [1.807, 2.05) is 0 Å². The Hall–Kier alpha value is -1.25. The average Bonchev–Trinajstić information content (AvgIpc) is 2.05. The second-order valence-corrected chi connectivity index (χ2v) is 1.84. The van der Waals surface area contributed by atoms with E-state index in [1.165, 1.54) is 0 Å². The van der Waals surface area contributed by atoms with E-state index >= 15 is 0 Å². The van der Waals surface area contributed by atoms with Gasteiger partial charge < -0.3 is 9.47 Å². The second-order valence-electron chi connectivity index (χ2n) is 1.84. The third-order valence-corrected chi connectivity index (χ3v) is 1.19. The van der Waals surface area contributed by atoms with Gasteiger partial charge in [-0.2, -0.15) is 0 Å². The average molecular weight is 135 g/mol. The number of ether oxygens (including phenoxy) is 2. The highest BCUT2D eigenvalue weighted by molar-refractivity contribution is 5.34. The number of aromatic nitrogens is 1. The van der Waals surface area contributed by atoms with Crippen molar-refractivity contribution in [1.29, 1.82) is 0 Å². The second kappa shape index (κ2) is 2.17. The molecule has 0 saturated heterocycles. The molecule has 50 valence electrons. The molecule has 1 aliphatic heterocycles. The van der Waals surface area contributed by atoms with Crippen molar-refractivity contribution in [3.8, 4) is 11.6 Å². The Kier molecular flexibility index (Phi) is 1.20. The van der Waals surface area contributed by atoms with Crippen LogP contribution in [0, 0.1) is 6.61 Å². The van der Waals surface area contributed by atoms with E-state index < -0.39 is 0 Å². The first kappa shape index (κ1) is 5.53. The maximum Gasteiger partial charge on any atom is 0.257 e. The SMILES string of the molecule is [C]1COc2ncccc2O1. The third kappa shape index (κ3) is 0.795. The first-order valence-corrected chi connectivity index (χ1v) is 2.94. The molecule has 0 saturated carbocycles. The summed E-state index contributed by atoms with van der Waals surface area (Å²) in [5.41, 5.74) is 0. The molecule has 3 heteroatoms. The highest BCUT2D eigenvalue weighted by atomic mass is 16.6. The molecule has 2 radical (unpaired) electrons. The molecule has 10 heavy (non-hydrogen) atoms. The van der Waals surface area contributed by atoms with Gasteiger partial charge in [0.2, 0.25) is 6.61 Å². The number of hydrogen-bond donors (Lipinski definition) is 0. The van der Waals surface area contributed by atoms with E-state index in [0.29, 0.717) is 18.2 Å². The molecule has 0 amide bonds. The number of pyridine rings is 1. The Balaban J connectivity index is 2.41. The highest BCUT2D eigenvalue weighted by Gasteiger charge is 2.11. The molecular weight excluding hydrogens is 130 g/mol. The largest absolute Gasteiger partial charge is 0.470 e. The van der Waals surface area contributed by atoms with Gasteiger partial charge >= 0.3 is 0 Å². The lowest BCUT2D eigenvalue weighted by molar-refractivity contribution is 0.215. The summed E-state index contributed by atoms with van der Waals surface area (Å²) < 4.78 is 10.1. The van der Waals surface area contributed by atoms with Crippen molar-refractivity contribution >= 4 is 0 Å². The van der Waals surface area contributed by atoms with Crippen LogP contribution in [0.3, 0.4) is 0 Å². The molecule has 1 aromatic rings. The van der Waals surface area contributed by atoms with Gasteiger partial charge in [-0.3, -0.25) is 0 Å². The summed E-state index contributed by atoms with van der Waals surface area (Å²) in [5.74, 6) is 1.18. The first-order valence-electron chi connectivity index (χ1n) is 2.94. The normalized spacial score (nSPS) is 14.8. The minimum Gasteiger partial charge on any atom is -0.470 e. The van der Waals surface area contributed by atoms with Crippen LogP contribution >= 0.6 is 0 Å². The van der Waals surface area contributed by atoms with E-state index in [1.54, 1.807) is 18.3 Å². The molecule has 2 heterocycles. The number of nitrogens with zero attached hydrogens (tertiary/aromatic N) is 1. The Labute approximate surface area is 58.6 Å². The quantitative estimate of drug-likeness (QED) is 0.529. The van der Waals surface area contributed by atoms with E-state index in [4.69, 9.17) is 9.47 Å². The minimum atomic E-state index is 0.351. The van der Waals surface area contributed by atoms with E-state index in [-0.39, 0.29) is 0 Å². The first-order chi connectivity index (χ1) is 4.97. The van der Waals surface area contributed by atoms with Crippen molar-refractivity contribution in [2.24, 2.45) is 0 Å². The van der Waals surface area contributed by atoms with Crippen LogP contribution in [0.15, 0.2) is 18.3 Å². The summed E-state index contributed by atoms with van der Waals surface area (Å²) in [6.07, 6.45) is 1.66. The summed E-state index contributed by atoms with van der Waals surface area (Å²) in [6, 6.07) is 3.57. The maximum absolute atomic E-state index is 5.08. The van der Waals surface area contributed by atoms with Crippen molar-refractivity contribution < 1.29 is 9.47 Å². The Morgan fingerprint density at radius 3 is 3.50 bits per heavy atom. The molecule has 2 rings (SSSR count). The van der Waals surface area contributed by atoms with Gasteiger partial charge in [0.1, 0.15) is 6.61 Å². The molecule has 0 unspecified atom stereocenters. The van der Waals surface area contributed by atoms with Gasteiger partial charge in [0.05, 0.1) is 0 Å². The van der Waals surface area contributed by atoms with Gasteiger partial charge in [0, 0.05) is 6.20 Å². The van der Waals surface area contributed by atoms with Crippen LogP contribution in [-0.2, 0) is 0 Å². The summed E-state index contributed by atoms with van der Waals surface area (Å²) in [5, 5.41) is 0. The zero-order valence-corrected chi connectivity index (χ0v) is 5.20. The van der Waals surface area contributed by atoms with Crippen molar-refractivity contribution in [3.05, 3.63) is 24.9 Å². The number of hydrogen-bond acceptors (Lipinski definition) is 3. The van der Waals surface area contributed by atoms with Gasteiger partial charge in [-0.05, 0) is 12.1 Å². The van der Waals surface area contributed by atoms with Crippen molar-refractivity contribution in [2.75, 3.05) is 6.61 Å². The van der Waals surface area contributed by atoms with E-state index in [9.17, 15) is 0 Å². The van der Waals surface area contributed by atoms with Crippen LogP contribution in [0.4, 0.5) is 0 Å². The number of fused-ring (bicyclic) bond motifs is 1. The molecule has 0 bridgehead atoms. The fraction of sp³-hybridized carbons (Fsp3) is 0.143. The summed E-state index contributed by atoms with van der Waals surface area (Å²) >= 11 is 0. The van der Waals surface area contributed by atoms with Crippen molar-refractivity contribution in [3.63, 3.8) is 0 Å². The van der Waals surface area contributed by atoms with Gasteiger partial charge in [0.15, 0.2) is 5.75 Å². The molecular formula is C7H5NO2. The fourth-order valence-electron chi connectivity index (χ4n) is 0.767. The minimum absolute atomic E-state index is 0.351. The van der Waals surface area contributed by atoms with Crippen LogP contribution in [0.1, 0.15) is 0 Å². The molecule has 0 N–H and O–H groups in total. The fourth-order valence-corrected chi connectivity index (χ4v) is 0.767. The number of rotatable bonds is 0. The smallest absolute Gasteiger partial charge is 0.257 e. The molecule has 0 spiro atoms. The van der Waals surface area contributed by atoms with Crippen LogP contribution < -0.4 is 9.47 Å². The van der Waals surface area contributed by atoms with Crippen molar-refractivity contribution in [2.45, 2.75) is 0 Å². The topological polar surface area (TPSA) is 31.4 Å². The van der Waals surface area contributed by atoms with Gasteiger partial charge in [0.25, 0.3) is 5.88 Å². The maximum atomic E-state index is 5.08. The lowest BCUT2D eigenvalue weighted by atomic mass is 10.4. The zero-order valence-electron chi connectivity index (χ0n) is 5.20. The summed E-state index contributed by atoms with van der Waals surface area (Å²) in [6.45, 7) is 2.93. The molecule has 0 atom stereocenters. The molecule has 0 aromatic carbocycles. The Bertz CT molecular complexity index is 212. The van der Waals surface area contributed by atoms with Gasteiger partial charge in [-0.1, -0.05) is 0 Å². The molecule has 1 aromatic heterocycles. The van der Waals surface area contributed by atoms with E-state index in [2.05, 4.69) is 11.6 Å². The van der Waals surface area contributed by atoms with Crippen LogP contribution in [0.2, 0.25) is 0 Å². The lowest BCUT2D eigenvalue weighted by Gasteiger charge is -2.14. The Morgan fingerprint density at radius 2 is 2.60 bits per heavy atom. The van der Waals surface area contributed by atoms with Crippen LogP contribution in [-0.4, -0.2) is 11.6 Å². The highest BCUT2D eigenvalue weighted by Crippen LogP contribution is 2.26. The summed E-state index contributed by atoms with van der Waals surface area (Å²) in [4.78, 5) is 3.93. The predicted octanol–water partition coefficient (Wildman–Crippen LogP) is 0.892. The monoisotopic (exact) mass is 135 g/mol. The van der Waals surface area contributed by atoms with Gasteiger partial charge in [-0.25, -0.2) is 4.98 Å². The summed E-state index contributed by atoms with van der Waals surface area (Å²) in [7, 11) is 0. The molecule has 3 nitrogen and oxygen atoms in total. The lowest BCUT2D eigenvalue weighted by Crippen LogP contribution is -2.10.